The van der Waals surface area contributed by atoms with Crippen LogP contribution in [0.3, 0.4) is 0 Å². The highest BCUT2D eigenvalue weighted by Gasteiger charge is 2.17. The molecule has 0 amide bonds. The quantitative estimate of drug-likeness (QED) is 0.631. The maximum atomic E-state index is 5.31. The van der Waals surface area contributed by atoms with Crippen molar-refractivity contribution >= 4 is 0 Å². The molecular weight excluding hydrogens is 212 g/mol. The zero-order valence-electron chi connectivity index (χ0n) is 12.7. The van der Waals surface area contributed by atoms with Crippen LogP contribution in [0.2, 0.25) is 0 Å². The van der Waals surface area contributed by atoms with E-state index < -0.39 is 0 Å². The predicted molar refractivity (Wildman–Crippen MR) is 75.6 cm³/mol. The molecule has 1 N–H and O–H groups in total. The Bertz CT molecular complexity index is 178. The van der Waals surface area contributed by atoms with Crippen molar-refractivity contribution < 1.29 is 4.74 Å². The number of methoxy groups -OCH3 is 1. The molecule has 3 heteroatoms. The average molecular weight is 244 g/mol. The van der Waals surface area contributed by atoms with Crippen LogP contribution in [0.5, 0.6) is 0 Å². The van der Waals surface area contributed by atoms with E-state index in [4.69, 9.17) is 4.74 Å². The molecule has 0 radical (unpaired) electrons. The van der Waals surface area contributed by atoms with Crippen LogP contribution in [0.25, 0.3) is 0 Å². The fourth-order valence-corrected chi connectivity index (χ4v) is 1.75. The molecule has 0 aliphatic rings. The summed E-state index contributed by atoms with van der Waals surface area (Å²) in [5.41, 5.74) is 0.177. The van der Waals surface area contributed by atoms with Crippen molar-refractivity contribution in [3.63, 3.8) is 0 Å². The first kappa shape index (κ1) is 16.9. The Morgan fingerprint density at radius 2 is 1.88 bits per heavy atom. The van der Waals surface area contributed by atoms with E-state index in [1.165, 1.54) is 19.3 Å². The normalized spacial score (nSPS) is 14.3. The first-order chi connectivity index (χ1) is 7.90. The Morgan fingerprint density at radius 3 is 2.35 bits per heavy atom. The minimum absolute atomic E-state index is 0.177. The first-order valence-electron chi connectivity index (χ1n) is 6.85. The molecule has 0 aromatic carbocycles. The Kier molecular flexibility index (Phi) is 8.83. The van der Waals surface area contributed by atoms with E-state index >= 15 is 0 Å². The molecule has 0 spiro atoms. The van der Waals surface area contributed by atoms with E-state index in [1.807, 2.05) is 0 Å². The van der Waals surface area contributed by atoms with Gasteiger partial charge < -0.3 is 10.1 Å². The molecule has 0 aliphatic heterocycles. The number of ether oxygens (including phenoxy) is 1. The highest BCUT2D eigenvalue weighted by molar-refractivity contribution is 4.77. The molecule has 1 atom stereocenters. The maximum Gasteiger partial charge on any atom is 0.0630 e. The van der Waals surface area contributed by atoms with E-state index in [2.05, 4.69) is 45.0 Å². The third-order valence-corrected chi connectivity index (χ3v) is 2.96. The van der Waals surface area contributed by atoms with Gasteiger partial charge in [0.05, 0.1) is 6.61 Å². The van der Waals surface area contributed by atoms with Crippen LogP contribution in [0.4, 0.5) is 0 Å². The van der Waals surface area contributed by atoms with Crippen LogP contribution < -0.4 is 5.32 Å². The summed E-state index contributed by atoms with van der Waals surface area (Å²) in [4.78, 5) is 2.41. The third-order valence-electron chi connectivity index (χ3n) is 2.96. The lowest BCUT2D eigenvalue weighted by molar-refractivity contribution is 0.100. The molecule has 0 aromatic rings. The minimum Gasteiger partial charge on any atom is -0.383 e. The Morgan fingerprint density at radius 1 is 1.24 bits per heavy atom. The lowest BCUT2D eigenvalue weighted by Crippen LogP contribution is -2.48. The zero-order valence-corrected chi connectivity index (χ0v) is 12.7. The predicted octanol–water partition coefficient (Wildman–Crippen LogP) is 2.51. The van der Waals surface area contributed by atoms with Gasteiger partial charge in [0.2, 0.25) is 0 Å². The van der Waals surface area contributed by atoms with E-state index in [1.54, 1.807) is 7.11 Å². The fraction of sp³-hybridized carbons (Fsp3) is 1.00. The number of hydrogen-bond acceptors (Lipinski definition) is 3. The molecule has 0 aromatic heterocycles. The standard InChI is InChI=1S/C14H32N2O/c1-7-8-9-10-16(5)13(12-17-6)11-15-14(2,3)4/h13,15H,7-12H2,1-6H3. The smallest absolute Gasteiger partial charge is 0.0630 e. The first-order valence-corrected chi connectivity index (χ1v) is 6.85. The second kappa shape index (κ2) is 8.90. The third kappa shape index (κ3) is 9.57. The van der Waals surface area contributed by atoms with Crippen LogP contribution in [-0.4, -0.2) is 50.3 Å². The zero-order chi connectivity index (χ0) is 13.3. The lowest BCUT2D eigenvalue weighted by atomic mass is 10.1. The number of unbranched alkanes of at least 4 members (excludes halogenated alkanes) is 2. The largest absolute Gasteiger partial charge is 0.383 e. The van der Waals surface area contributed by atoms with Crippen molar-refractivity contribution in [3.8, 4) is 0 Å². The van der Waals surface area contributed by atoms with Crippen LogP contribution in [0.15, 0.2) is 0 Å². The molecule has 0 rings (SSSR count). The van der Waals surface area contributed by atoms with E-state index in [9.17, 15) is 0 Å². The molecule has 0 heterocycles. The summed E-state index contributed by atoms with van der Waals surface area (Å²) in [5.74, 6) is 0. The second-order valence-electron chi connectivity index (χ2n) is 5.93. The molecule has 0 aliphatic carbocycles. The van der Waals surface area contributed by atoms with Gasteiger partial charge in [-0.25, -0.2) is 0 Å². The van der Waals surface area contributed by atoms with Gasteiger partial charge in [-0.2, -0.15) is 0 Å². The topological polar surface area (TPSA) is 24.5 Å². The van der Waals surface area contributed by atoms with E-state index in [0.29, 0.717) is 6.04 Å². The van der Waals surface area contributed by atoms with Gasteiger partial charge in [-0.15, -0.1) is 0 Å². The van der Waals surface area contributed by atoms with Crippen molar-refractivity contribution in [1.82, 2.24) is 10.2 Å². The summed E-state index contributed by atoms with van der Waals surface area (Å²) < 4.78 is 5.31. The van der Waals surface area contributed by atoms with Crippen LogP contribution >= 0.6 is 0 Å². The molecule has 104 valence electrons. The molecule has 0 saturated carbocycles. The van der Waals surface area contributed by atoms with Gasteiger partial charge in [0.1, 0.15) is 0 Å². The van der Waals surface area contributed by atoms with Gasteiger partial charge >= 0.3 is 0 Å². The Hall–Kier alpha value is -0.120. The number of nitrogens with zero attached hydrogens (tertiary/aromatic N) is 1. The number of hydrogen-bond donors (Lipinski definition) is 1. The highest BCUT2D eigenvalue weighted by Crippen LogP contribution is 2.04. The molecule has 17 heavy (non-hydrogen) atoms. The summed E-state index contributed by atoms with van der Waals surface area (Å²) in [5, 5.41) is 3.56. The van der Waals surface area contributed by atoms with Crippen molar-refractivity contribution in [2.75, 3.05) is 33.9 Å². The summed E-state index contributed by atoms with van der Waals surface area (Å²) in [6.45, 7) is 11.8. The molecule has 0 fully saturated rings. The van der Waals surface area contributed by atoms with Crippen LogP contribution in [-0.2, 0) is 4.74 Å². The van der Waals surface area contributed by atoms with Gasteiger partial charge in [0.15, 0.2) is 0 Å². The fourth-order valence-electron chi connectivity index (χ4n) is 1.75. The summed E-state index contributed by atoms with van der Waals surface area (Å²) in [6, 6.07) is 0.469. The molecule has 0 bridgehead atoms. The monoisotopic (exact) mass is 244 g/mol. The summed E-state index contributed by atoms with van der Waals surface area (Å²) in [6.07, 6.45) is 3.88. The van der Waals surface area contributed by atoms with Crippen molar-refractivity contribution in [2.24, 2.45) is 0 Å². The van der Waals surface area contributed by atoms with E-state index in [-0.39, 0.29) is 5.54 Å². The van der Waals surface area contributed by atoms with Crippen LogP contribution in [0.1, 0.15) is 47.0 Å². The van der Waals surface area contributed by atoms with Crippen molar-refractivity contribution in [2.45, 2.75) is 58.5 Å². The van der Waals surface area contributed by atoms with Crippen molar-refractivity contribution in [1.29, 1.82) is 0 Å². The van der Waals surface area contributed by atoms with Gasteiger partial charge in [0, 0.05) is 25.2 Å². The summed E-state index contributed by atoms with van der Waals surface area (Å²) >= 11 is 0. The lowest BCUT2D eigenvalue weighted by Gasteiger charge is -2.31. The Labute approximate surface area is 108 Å². The SMILES string of the molecule is CCCCCN(C)C(CNC(C)(C)C)COC. The van der Waals surface area contributed by atoms with Crippen LogP contribution in [0, 0.1) is 0 Å². The number of likely N-dealkylation sites (N-methyl/N-ethyl adjacent to an activating group) is 1. The highest BCUT2D eigenvalue weighted by atomic mass is 16.5. The Balaban J connectivity index is 4.02. The second-order valence-corrected chi connectivity index (χ2v) is 5.93. The molecular formula is C14H32N2O. The van der Waals surface area contributed by atoms with Gasteiger partial charge in [-0.3, -0.25) is 4.90 Å². The number of rotatable bonds is 9. The molecule has 1 unspecified atom stereocenters. The average Bonchev–Trinajstić information content (AvgIpc) is 2.23. The molecule has 3 nitrogen and oxygen atoms in total. The number of nitrogens with one attached hydrogen (secondary N) is 1. The van der Waals surface area contributed by atoms with Gasteiger partial charge in [-0.1, -0.05) is 19.8 Å². The molecule has 0 saturated heterocycles. The van der Waals surface area contributed by atoms with E-state index in [0.717, 1.165) is 19.7 Å². The summed E-state index contributed by atoms with van der Waals surface area (Å²) in [7, 11) is 3.98. The van der Waals surface area contributed by atoms with Crippen molar-refractivity contribution in [3.05, 3.63) is 0 Å². The minimum atomic E-state index is 0.177. The van der Waals surface area contributed by atoms with Gasteiger partial charge in [0.25, 0.3) is 0 Å². The maximum absolute atomic E-state index is 5.31. The van der Waals surface area contributed by atoms with Gasteiger partial charge in [-0.05, 0) is 40.8 Å².